The van der Waals surface area contributed by atoms with E-state index in [1.807, 2.05) is 6.07 Å². The third-order valence-corrected chi connectivity index (χ3v) is 7.34. The van der Waals surface area contributed by atoms with Gasteiger partial charge in [-0.05, 0) is 35.2 Å². The van der Waals surface area contributed by atoms with Crippen molar-refractivity contribution in [2.75, 3.05) is 41.8 Å². The van der Waals surface area contributed by atoms with Crippen LogP contribution >= 0.6 is 0 Å². The summed E-state index contributed by atoms with van der Waals surface area (Å²) in [5.74, 6) is 1.13. The van der Waals surface area contributed by atoms with E-state index in [0.29, 0.717) is 50.3 Å². The lowest BCUT2D eigenvalue weighted by molar-refractivity contribution is -0.258. The second-order valence-electron chi connectivity index (χ2n) is 9.27. The van der Waals surface area contributed by atoms with Crippen LogP contribution < -0.4 is 18.9 Å². The summed E-state index contributed by atoms with van der Waals surface area (Å²) in [6, 6.07) is 8.61. The minimum Gasteiger partial charge on any atom is -0.504 e. The van der Waals surface area contributed by atoms with E-state index in [-0.39, 0.29) is 37.6 Å². The fourth-order valence-electron chi connectivity index (χ4n) is 5.44. The highest BCUT2D eigenvalue weighted by Gasteiger charge is 2.44. The highest BCUT2D eigenvalue weighted by Crippen LogP contribution is 2.49. The smallest absolute Gasteiger partial charge is 0.339 e. The molecule has 0 radical (unpaired) electrons. The van der Waals surface area contributed by atoms with E-state index in [1.54, 1.807) is 38.5 Å². The van der Waals surface area contributed by atoms with Gasteiger partial charge in [-0.2, -0.15) is 0 Å². The summed E-state index contributed by atoms with van der Waals surface area (Å²) in [5, 5.41) is 11.9. The van der Waals surface area contributed by atoms with Gasteiger partial charge in [-0.3, -0.25) is 0 Å². The van der Waals surface area contributed by atoms with Crippen molar-refractivity contribution < 1.29 is 52.5 Å². The Hall–Kier alpha value is -3.77. The minimum absolute atomic E-state index is 0.0149. The summed E-state index contributed by atoms with van der Waals surface area (Å²) in [7, 11) is 6.14. The number of rotatable bonds is 7. The van der Waals surface area contributed by atoms with E-state index < -0.39 is 24.5 Å². The Morgan fingerprint density at radius 1 is 0.872 bits per heavy atom. The lowest BCUT2D eigenvalue weighted by Gasteiger charge is -2.40. The summed E-state index contributed by atoms with van der Waals surface area (Å²) in [6.07, 6.45) is -2.38. The van der Waals surface area contributed by atoms with E-state index in [2.05, 4.69) is 0 Å². The second-order valence-corrected chi connectivity index (χ2v) is 9.27. The molecule has 1 fully saturated rings. The maximum atomic E-state index is 13.2. The van der Waals surface area contributed by atoms with Crippen molar-refractivity contribution in [2.45, 2.75) is 31.2 Å². The van der Waals surface area contributed by atoms with Crippen LogP contribution in [0, 0.1) is 0 Å². The number of ether oxygens (including phenoxy) is 9. The number of methoxy groups -OCH3 is 4. The van der Waals surface area contributed by atoms with Gasteiger partial charge in [-0.1, -0.05) is 6.07 Å². The summed E-state index contributed by atoms with van der Waals surface area (Å²) in [5.41, 5.74) is 2.10. The quantitative estimate of drug-likeness (QED) is 0.444. The molecule has 0 amide bonds. The molecule has 4 unspecified atom stereocenters. The number of carbonyl (C=O) groups excluding carboxylic acids is 1. The van der Waals surface area contributed by atoms with Crippen molar-refractivity contribution in [3.8, 4) is 39.9 Å². The fourth-order valence-corrected chi connectivity index (χ4v) is 5.44. The number of phenolic OH excluding ortho intramolecular Hbond substituents is 1. The van der Waals surface area contributed by atoms with Crippen LogP contribution in [-0.2, 0) is 30.3 Å². The zero-order valence-corrected chi connectivity index (χ0v) is 21.8. The fraction of sp³-hybridized carbons (Fsp3) is 0.393. The van der Waals surface area contributed by atoms with Crippen LogP contribution in [0.25, 0.3) is 21.9 Å². The lowest BCUT2D eigenvalue weighted by Crippen LogP contribution is -2.57. The molecule has 3 heterocycles. The predicted molar refractivity (Wildman–Crippen MR) is 136 cm³/mol. The predicted octanol–water partition coefficient (Wildman–Crippen LogP) is 3.40. The van der Waals surface area contributed by atoms with Crippen LogP contribution in [-0.4, -0.2) is 77.5 Å². The largest absolute Gasteiger partial charge is 0.504 e. The lowest BCUT2D eigenvalue weighted by atomic mass is 9.89. The number of carbonyl (C=O) groups is 1. The Bertz CT molecular complexity index is 1440. The summed E-state index contributed by atoms with van der Waals surface area (Å²) in [6.45, 7) is 0.298. The maximum Gasteiger partial charge on any atom is 0.339 e. The number of hydrogen-bond donors (Lipinski definition) is 1. The second kappa shape index (κ2) is 10.1. The summed E-state index contributed by atoms with van der Waals surface area (Å²) < 4.78 is 51.4. The third-order valence-electron chi connectivity index (χ3n) is 7.34. The summed E-state index contributed by atoms with van der Waals surface area (Å²) in [4.78, 5) is 13.2. The molecule has 11 heteroatoms. The van der Waals surface area contributed by atoms with Crippen LogP contribution in [0.3, 0.4) is 0 Å². The van der Waals surface area contributed by atoms with Crippen molar-refractivity contribution in [2.24, 2.45) is 0 Å². The molecule has 0 spiro atoms. The van der Waals surface area contributed by atoms with Crippen molar-refractivity contribution >= 4 is 16.7 Å². The molecule has 0 aliphatic carbocycles. The number of hydrogen-bond acceptors (Lipinski definition) is 11. The van der Waals surface area contributed by atoms with Crippen LogP contribution in [0.4, 0.5) is 0 Å². The monoisotopic (exact) mass is 540 g/mol. The standard InChI is InChI=1S/C28H28O11/c1-31-19-9-15-14(8-17(19)29)22(13-5-6-18-20(7-13)38-12-37-18)23-16(10-35-27(23)30)24(15)39-28-26(34-4)25(33-3)21(32-2)11-36-28/h5-9,21,25-26,28-29H,10-12H2,1-4H3. The van der Waals surface area contributed by atoms with E-state index in [9.17, 15) is 9.90 Å². The molecule has 0 aromatic heterocycles. The van der Waals surface area contributed by atoms with Crippen LogP contribution in [0.5, 0.6) is 28.7 Å². The van der Waals surface area contributed by atoms with Crippen molar-refractivity contribution in [3.05, 3.63) is 41.5 Å². The van der Waals surface area contributed by atoms with Crippen LogP contribution in [0.2, 0.25) is 0 Å². The molecule has 3 aromatic carbocycles. The zero-order valence-electron chi connectivity index (χ0n) is 21.8. The molecular formula is C28H28O11. The Labute approximate surface area is 224 Å². The molecule has 11 nitrogen and oxygen atoms in total. The molecule has 4 atom stereocenters. The molecule has 39 heavy (non-hydrogen) atoms. The van der Waals surface area contributed by atoms with Crippen LogP contribution in [0.15, 0.2) is 30.3 Å². The molecule has 3 aromatic rings. The van der Waals surface area contributed by atoms with Gasteiger partial charge in [0.05, 0.1) is 19.3 Å². The molecule has 206 valence electrons. The Morgan fingerprint density at radius 2 is 1.67 bits per heavy atom. The van der Waals surface area contributed by atoms with E-state index >= 15 is 0 Å². The Kier molecular flexibility index (Phi) is 6.59. The highest BCUT2D eigenvalue weighted by atomic mass is 16.7. The van der Waals surface area contributed by atoms with E-state index in [0.717, 1.165) is 0 Å². The van der Waals surface area contributed by atoms with Gasteiger partial charge < -0.3 is 47.7 Å². The number of esters is 1. The zero-order chi connectivity index (χ0) is 27.3. The van der Waals surface area contributed by atoms with E-state index in [4.69, 9.17) is 42.6 Å². The first-order chi connectivity index (χ1) is 19.0. The molecular weight excluding hydrogens is 512 g/mol. The first kappa shape index (κ1) is 25.5. The van der Waals surface area contributed by atoms with Crippen LogP contribution in [0.1, 0.15) is 15.9 Å². The van der Waals surface area contributed by atoms with Gasteiger partial charge in [-0.15, -0.1) is 0 Å². The number of fused-ring (bicyclic) bond motifs is 3. The van der Waals surface area contributed by atoms with Crippen molar-refractivity contribution in [3.63, 3.8) is 0 Å². The van der Waals surface area contributed by atoms with Crippen molar-refractivity contribution in [1.29, 1.82) is 0 Å². The maximum absolute atomic E-state index is 13.2. The first-order valence-electron chi connectivity index (χ1n) is 12.3. The Morgan fingerprint density at radius 3 is 2.41 bits per heavy atom. The van der Waals surface area contributed by atoms with E-state index in [1.165, 1.54) is 14.2 Å². The van der Waals surface area contributed by atoms with Crippen molar-refractivity contribution in [1.82, 2.24) is 0 Å². The number of aromatic hydroxyl groups is 1. The molecule has 3 aliphatic rings. The molecule has 1 saturated heterocycles. The Balaban J connectivity index is 1.56. The molecule has 0 bridgehead atoms. The topological polar surface area (TPSA) is 120 Å². The first-order valence-corrected chi connectivity index (χ1v) is 12.3. The molecule has 3 aliphatic heterocycles. The van der Waals surface area contributed by atoms with Gasteiger partial charge in [0, 0.05) is 37.8 Å². The minimum atomic E-state index is -0.898. The number of phenols is 1. The van der Waals surface area contributed by atoms with Gasteiger partial charge in [0.15, 0.2) is 23.0 Å². The molecule has 6 rings (SSSR count). The molecule has 0 saturated carbocycles. The molecule has 1 N–H and O–H groups in total. The van der Waals surface area contributed by atoms with Gasteiger partial charge >= 0.3 is 5.97 Å². The number of cyclic esters (lactones) is 1. The van der Waals surface area contributed by atoms with Gasteiger partial charge in [0.25, 0.3) is 0 Å². The SMILES string of the molecule is COc1cc2c(OC3OCC(OC)C(OC)C3OC)c3c(c(-c4ccc5c(c4)OCO5)c2cc1O)C(=O)OC3. The highest BCUT2D eigenvalue weighted by molar-refractivity contribution is 6.14. The summed E-state index contributed by atoms with van der Waals surface area (Å²) >= 11 is 0. The average Bonchev–Trinajstić information content (AvgIpc) is 3.58. The van der Waals surface area contributed by atoms with Gasteiger partial charge in [0.1, 0.15) is 30.7 Å². The van der Waals surface area contributed by atoms with Gasteiger partial charge in [0.2, 0.25) is 13.1 Å². The average molecular weight is 541 g/mol. The normalized spacial score (nSPS) is 23.5. The number of benzene rings is 3. The third kappa shape index (κ3) is 4.09. The van der Waals surface area contributed by atoms with Gasteiger partial charge in [-0.25, -0.2) is 4.79 Å².